The first-order chi connectivity index (χ1) is 8.76. The highest BCUT2D eigenvalue weighted by molar-refractivity contribution is 4.88. The molecular weight excluding hydrogens is 224 g/mol. The highest BCUT2D eigenvalue weighted by Gasteiger charge is 2.31. The Bertz CT molecular complexity index is 196. The third kappa shape index (κ3) is 4.50. The van der Waals surface area contributed by atoms with Crippen LogP contribution in [-0.2, 0) is 0 Å². The van der Waals surface area contributed by atoms with E-state index in [0.29, 0.717) is 12.1 Å². The molecule has 0 aliphatic carbocycles. The van der Waals surface area contributed by atoms with Crippen molar-refractivity contribution < 1.29 is 0 Å². The van der Waals surface area contributed by atoms with Crippen LogP contribution in [0.1, 0.15) is 39.5 Å². The van der Waals surface area contributed by atoms with Crippen LogP contribution in [0.25, 0.3) is 0 Å². The van der Waals surface area contributed by atoms with Gasteiger partial charge in [0.15, 0.2) is 0 Å². The molecular formula is C14H32N4. The van der Waals surface area contributed by atoms with Crippen molar-refractivity contribution in [2.45, 2.75) is 51.6 Å². The molecule has 2 unspecified atom stereocenters. The number of hydrogen-bond acceptors (Lipinski definition) is 4. The van der Waals surface area contributed by atoms with Gasteiger partial charge in [0.25, 0.3) is 0 Å². The van der Waals surface area contributed by atoms with Crippen LogP contribution in [-0.4, -0.2) is 61.2 Å². The fraction of sp³-hybridized carbons (Fsp3) is 1.00. The zero-order chi connectivity index (χ0) is 13.4. The highest BCUT2D eigenvalue weighted by atomic mass is 15.3. The van der Waals surface area contributed by atoms with E-state index in [2.05, 4.69) is 23.6 Å². The lowest BCUT2D eigenvalue weighted by molar-refractivity contribution is 0.0191. The fourth-order valence-electron chi connectivity index (χ4n) is 3.04. The van der Waals surface area contributed by atoms with Crippen LogP contribution in [0, 0.1) is 0 Å². The number of rotatable bonds is 8. The smallest absolute Gasteiger partial charge is 0.0224 e. The number of hydrogen-bond donors (Lipinski definition) is 2. The average Bonchev–Trinajstić information content (AvgIpc) is 2.42. The topological polar surface area (TPSA) is 58.5 Å². The molecule has 0 radical (unpaired) electrons. The average molecular weight is 256 g/mol. The fourth-order valence-corrected chi connectivity index (χ4v) is 3.04. The SMILES string of the molecule is CCC1CN(CCCN)CC(CC)N1CCCN. The first-order valence-corrected chi connectivity index (χ1v) is 7.65. The van der Waals surface area contributed by atoms with Crippen molar-refractivity contribution in [2.75, 3.05) is 39.3 Å². The minimum absolute atomic E-state index is 0.702. The Morgan fingerprint density at radius 1 is 0.889 bits per heavy atom. The van der Waals surface area contributed by atoms with Crippen LogP contribution in [0.2, 0.25) is 0 Å². The zero-order valence-electron chi connectivity index (χ0n) is 12.3. The molecule has 108 valence electrons. The van der Waals surface area contributed by atoms with Gasteiger partial charge in [0.1, 0.15) is 0 Å². The Morgan fingerprint density at radius 2 is 1.39 bits per heavy atom. The van der Waals surface area contributed by atoms with Crippen LogP contribution in [0.3, 0.4) is 0 Å². The molecule has 0 spiro atoms. The van der Waals surface area contributed by atoms with Crippen molar-refractivity contribution in [3.05, 3.63) is 0 Å². The van der Waals surface area contributed by atoms with E-state index in [1.807, 2.05) is 0 Å². The summed E-state index contributed by atoms with van der Waals surface area (Å²) in [5.41, 5.74) is 11.3. The molecule has 0 aromatic rings. The van der Waals surface area contributed by atoms with E-state index in [1.165, 1.54) is 25.9 Å². The van der Waals surface area contributed by atoms with Crippen molar-refractivity contribution in [1.82, 2.24) is 9.80 Å². The molecule has 0 bridgehead atoms. The van der Waals surface area contributed by atoms with Gasteiger partial charge in [-0.05, 0) is 45.3 Å². The lowest BCUT2D eigenvalue weighted by Gasteiger charge is -2.47. The number of piperazine rings is 1. The molecule has 1 saturated heterocycles. The van der Waals surface area contributed by atoms with Crippen molar-refractivity contribution >= 4 is 0 Å². The first-order valence-electron chi connectivity index (χ1n) is 7.65. The van der Waals surface area contributed by atoms with Crippen molar-refractivity contribution in [3.8, 4) is 0 Å². The second-order valence-electron chi connectivity index (χ2n) is 5.41. The van der Waals surface area contributed by atoms with Crippen molar-refractivity contribution in [1.29, 1.82) is 0 Å². The van der Waals surface area contributed by atoms with Gasteiger partial charge in [-0.1, -0.05) is 13.8 Å². The van der Waals surface area contributed by atoms with Gasteiger partial charge in [-0.15, -0.1) is 0 Å². The molecule has 0 aromatic heterocycles. The maximum atomic E-state index is 5.66. The van der Waals surface area contributed by atoms with Gasteiger partial charge in [0.2, 0.25) is 0 Å². The van der Waals surface area contributed by atoms with Gasteiger partial charge in [0.05, 0.1) is 0 Å². The maximum absolute atomic E-state index is 5.66. The highest BCUT2D eigenvalue weighted by Crippen LogP contribution is 2.20. The molecule has 1 rings (SSSR count). The third-order valence-corrected chi connectivity index (χ3v) is 4.12. The van der Waals surface area contributed by atoms with E-state index in [0.717, 1.165) is 39.0 Å². The zero-order valence-corrected chi connectivity index (χ0v) is 12.3. The van der Waals surface area contributed by atoms with E-state index in [-0.39, 0.29) is 0 Å². The molecule has 0 amide bonds. The Kier molecular flexibility index (Phi) is 7.82. The molecule has 4 nitrogen and oxygen atoms in total. The lowest BCUT2D eigenvalue weighted by atomic mass is 10.0. The second kappa shape index (κ2) is 8.86. The molecule has 1 aliphatic rings. The maximum Gasteiger partial charge on any atom is 0.0224 e. The molecule has 1 aliphatic heterocycles. The molecule has 2 atom stereocenters. The van der Waals surface area contributed by atoms with E-state index in [9.17, 15) is 0 Å². The van der Waals surface area contributed by atoms with Crippen LogP contribution >= 0.6 is 0 Å². The summed E-state index contributed by atoms with van der Waals surface area (Å²) in [6.07, 6.45) is 4.71. The van der Waals surface area contributed by atoms with Crippen LogP contribution in [0.5, 0.6) is 0 Å². The predicted molar refractivity (Wildman–Crippen MR) is 78.6 cm³/mol. The standard InChI is InChI=1S/C14H32N4/c1-3-13-11-17(9-5-7-15)12-14(4-2)18(13)10-6-8-16/h13-14H,3-12,15-16H2,1-2H3. The molecule has 18 heavy (non-hydrogen) atoms. The van der Waals surface area contributed by atoms with Gasteiger partial charge in [0, 0.05) is 31.7 Å². The van der Waals surface area contributed by atoms with Gasteiger partial charge in [-0.2, -0.15) is 0 Å². The summed E-state index contributed by atoms with van der Waals surface area (Å²) in [6, 6.07) is 1.40. The van der Waals surface area contributed by atoms with Gasteiger partial charge >= 0.3 is 0 Å². The minimum Gasteiger partial charge on any atom is -0.330 e. The normalized spacial score (nSPS) is 26.7. The summed E-state index contributed by atoms with van der Waals surface area (Å²) in [4.78, 5) is 5.31. The summed E-state index contributed by atoms with van der Waals surface area (Å²) in [7, 11) is 0. The Labute approximate surface area is 113 Å². The molecule has 4 N–H and O–H groups in total. The predicted octanol–water partition coefficient (Wildman–Crippen LogP) is 0.859. The Morgan fingerprint density at radius 3 is 1.83 bits per heavy atom. The molecule has 0 aromatic carbocycles. The lowest BCUT2D eigenvalue weighted by Crippen LogP contribution is -2.58. The summed E-state index contributed by atoms with van der Waals surface area (Å²) >= 11 is 0. The summed E-state index contributed by atoms with van der Waals surface area (Å²) in [6.45, 7) is 11.0. The van der Waals surface area contributed by atoms with Crippen LogP contribution < -0.4 is 11.5 Å². The van der Waals surface area contributed by atoms with Gasteiger partial charge in [-0.25, -0.2) is 0 Å². The van der Waals surface area contributed by atoms with Crippen molar-refractivity contribution in [3.63, 3.8) is 0 Å². The molecule has 1 heterocycles. The second-order valence-corrected chi connectivity index (χ2v) is 5.41. The van der Waals surface area contributed by atoms with Gasteiger partial charge in [-0.3, -0.25) is 4.90 Å². The number of nitrogens with zero attached hydrogens (tertiary/aromatic N) is 2. The molecule has 0 saturated carbocycles. The largest absolute Gasteiger partial charge is 0.330 e. The van der Waals surface area contributed by atoms with Crippen LogP contribution in [0.4, 0.5) is 0 Å². The van der Waals surface area contributed by atoms with Crippen molar-refractivity contribution in [2.24, 2.45) is 11.5 Å². The van der Waals surface area contributed by atoms with E-state index < -0.39 is 0 Å². The Hall–Kier alpha value is -0.160. The Balaban J connectivity index is 2.56. The minimum atomic E-state index is 0.702. The first kappa shape index (κ1) is 15.9. The van der Waals surface area contributed by atoms with Crippen LogP contribution in [0.15, 0.2) is 0 Å². The third-order valence-electron chi connectivity index (χ3n) is 4.12. The van der Waals surface area contributed by atoms with E-state index in [4.69, 9.17) is 11.5 Å². The van der Waals surface area contributed by atoms with E-state index >= 15 is 0 Å². The summed E-state index contributed by atoms with van der Waals surface area (Å²) < 4.78 is 0. The van der Waals surface area contributed by atoms with E-state index in [1.54, 1.807) is 0 Å². The molecule has 4 heteroatoms. The quantitative estimate of drug-likeness (QED) is 0.676. The molecule has 1 fully saturated rings. The summed E-state index contributed by atoms with van der Waals surface area (Å²) in [5, 5.41) is 0. The van der Waals surface area contributed by atoms with Gasteiger partial charge < -0.3 is 16.4 Å². The monoisotopic (exact) mass is 256 g/mol. The number of nitrogens with two attached hydrogens (primary N) is 2. The summed E-state index contributed by atoms with van der Waals surface area (Å²) in [5.74, 6) is 0.